The second-order valence-corrected chi connectivity index (χ2v) is 6.19. The normalized spacial score (nSPS) is 18.8. The molecule has 1 unspecified atom stereocenters. The third-order valence-electron chi connectivity index (χ3n) is 3.99. The molecule has 0 aromatic heterocycles. The van der Waals surface area contributed by atoms with Crippen LogP contribution in [0.4, 0.5) is 0 Å². The minimum absolute atomic E-state index is 0.477. The standard InChI is InChI=1S/C15H23BrN2/c1-11-3-4-13(16)10-14(11)15(17-2)9-12-5-7-18-8-6-12/h3-4,10,12,15,17-18H,5-9H2,1-2H3. The molecule has 1 aromatic rings. The smallest absolute Gasteiger partial charge is 0.0323 e. The molecule has 2 rings (SSSR count). The lowest BCUT2D eigenvalue weighted by atomic mass is 9.87. The molecule has 0 bridgehead atoms. The Bertz CT molecular complexity index is 386. The Labute approximate surface area is 119 Å². The molecule has 1 heterocycles. The van der Waals surface area contributed by atoms with Gasteiger partial charge in [0.1, 0.15) is 0 Å². The molecule has 1 atom stereocenters. The fraction of sp³-hybridized carbons (Fsp3) is 0.600. The second-order valence-electron chi connectivity index (χ2n) is 5.27. The van der Waals surface area contributed by atoms with Gasteiger partial charge >= 0.3 is 0 Å². The van der Waals surface area contributed by atoms with E-state index in [1.165, 1.54) is 48.0 Å². The Hall–Kier alpha value is -0.380. The van der Waals surface area contributed by atoms with E-state index >= 15 is 0 Å². The number of piperidine rings is 1. The maximum absolute atomic E-state index is 3.58. The van der Waals surface area contributed by atoms with Crippen molar-refractivity contribution >= 4 is 15.9 Å². The molecule has 100 valence electrons. The van der Waals surface area contributed by atoms with Crippen LogP contribution in [0.1, 0.15) is 36.4 Å². The lowest BCUT2D eigenvalue weighted by molar-refractivity contribution is 0.318. The first-order valence-corrected chi connectivity index (χ1v) is 7.64. The summed E-state index contributed by atoms with van der Waals surface area (Å²) in [5.74, 6) is 0.849. The SMILES string of the molecule is CNC(CC1CCNCC1)c1cc(Br)ccc1C. The molecule has 1 aliphatic rings. The van der Waals surface area contributed by atoms with Crippen LogP contribution in [-0.2, 0) is 0 Å². The quantitative estimate of drug-likeness (QED) is 0.890. The topological polar surface area (TPSA) is 24.1 Å². The largest absolute Gasteiger partial charge is 0.317 e. The van der Waals surface area contributed by atoms with Gasteiger partial charge in [-0.15, -0.1) is 0 Å². The number of hydrogen-bond donors (Lipinski definition) is 2. The van der Waals surface area contributed by atoms with Gasteiger partial charge in [-0.1, -0.05) is 22.0 Å². The highest BCUT2D eigenvalue weighted by Crippen LogP contribution is 2.29. The molecule has 1 fully saturated rings. The van der Waals surface area contributed by atoms with Gasteiger partial charge in [0.2, 0.25) is 0 Å². The van der Waals surface area contributed by atoms with Crippen molar-refractivity contribution in [3.8, 4) is 0 Å². The molecule has 0 amide bonds. The summed E-state index contributed by atoms with van der Waals surface area (Å²) in [6.45, 7) is 4.56. The zero-order valence-electron chi connectivity index (χ0n) is 11.3. The fourth-order valence-corrected chi connectivity index (χ4v) is 3.22. The summed E-state index contributed by atoms with van der Waals surface area (Å²) in [5, 5.41) is 6.93. The summed E-state index contributed by atoms with van der Waals surface area (Å²) in [7, 11) is 2.08. The first-order valence-electron chi connectivity index (χ1n) is 6.84. The minimum Gasteiger partial charge on any atom is -0.317 e. The summed E-state index contributed by atoms with van der Waals surface area (Å²) in [4.78, 5) is 0. The molecule has 0 spiro atoms. The van der Waals surface area contributed by atoms with E-state index in [1.807, 2.05) is 0 Å². The van der Waals surface area contributed by atoms with Crippen LogP contribution in [0.3, 0.4) is 0 Å². The van der Waals surface area contributed by atoms with Gasteiger partial charge in [-0.25, -0.2) is 0 Å². The van der Waals surface area contributed by atoms with Gasteiger partial charge in [-0.05, 0) is 75.5 Å². The highest BCUT2D eigenvalue weighted by Gasteiger charge is 2.20. The van der Waals surface area contributed by atoms with E-state index in [4.69, 9.17) is 0 Å². The maximum Gasteiger partial charge on any atom is 0.0323 e. The summed E-state index contributed by atoms with van der Waals surface area (Å²) in [5.41, 5.74) is 2.82. The zero-order chi connectivity index (χ0) is 13.0. The second kappa shape index (κ2) is 6.69. The highest BCUT2D eigenvalue weighted by molar-refractivity contribution is 9.10. The van der Waals surface area contributed by atoms with Crippen molar-refractivity contribution in [2.24, 2.45) is 5.92 Å². The number of rotatable bonds is 4. The molecule has 0 radical (unpaired) electrons. The van der Waals surface area contributed by atoms with Gasteiger partial charge in [0.05, 0.1) is 0 Å². The molecule has 1 aliphatic heterocycles. The van der Waals surface area contributed by atoms with E-state index < -0.39 is 0 Å². The summed E-state index contributed by atoms with van der Waals surface area (Å²) in [6.07, 6.45) is 3.87. The van der Waals surface area contributed by atoms with E-state index in [1.54, 1.807) is 0 Å². The third-order valence-corrected chi connectivity index (χ3v) is 4.49. The van der Waals surface area contributed by atoms with Crippen molar-refractivity contribution < 1.29 is 0 Å². The van der Waals surface area contributed by atoms with Gasteiger partial charge in [0, 0.05) is 10.5 Å². The Morgan fingerprint density at radius 3 is 2.78 bits per heavy atom. The molecule has 3 heteroatoms. The minimum atomic E-state index is 0.477. The number of benzene rings is 1. The summed E-state index contributed by atoms with van der Waals surface area (Å²) < 4.78 is 1.17. The molecule has 18 heavy (non-hydrogen) atoms. The first kappa shape index (κ1) is 14.0. The van der Waals surface area contributed by atoms with Crippen LogP contribution in [-0.4, -0.2) is 20.1 Å². The van der Waals surface area contributed by atoms with Crippen LogP contribution in [0.2, 0.25) is 0 Å². The van der Waals surface area contributed by atoms with Crippen LogP contribution in [0.5, 0.6) is 0 Å². The lowest BCUT2D eigenvalue weighted by Gasteiger charge is -2.28. The van der Waals surface area contributed by atoms with Gasteiger partial charge in [0.25, 0.3) is 0 Å². The molecule has 1 saturated heterocycles. The Morgan fingerprint density at radius 2 is 2.11 bits per heavy atom. The Morgan fingerprint density at radius 1 is 1.39 bits per heavy atom. The number of nitrogens with one attached hydrogen (secondary N) is 2. The van der Waals surface area contributed by atoms with Crippen molar-refractivity contribution in [3.63, 3.8) is 0 Å². The third kappa shape index (κ3) is 3.56. The van der Waals surface area contributed by atoms with Crippen LogP contribution >= 0.6 is 15.9 Å². The Kier molecular flexibility index (Phi) is 5.22. The highest BCUT2D eigenvalue weighted by atomic mass is 79.9. The molecular weight excluding hydrogens is 288 g/mol. The molecule has 1 aromatic carbocycles. The van der Waals surface area contributed by atoms with E-state index in [9.17, 15) is 0 Å². The van der Waals surface area contributed by atoms with Crippen LogP contribution in [0.15, 0.2) is 22.7 Å². The van der Waals surface area contributed by atoms with Gasteiger partial charge in [-0.3, -0.25) is 0 Å². The molecular formula is C15H23BrN2. The number of aryl methyl sites for hydroxylation is 1. The molecule has 2 N–H and O–H groups in total. The molecule has 0 saturated carbocycles. The van der Waals surface area contributed by atoms with Crippen molar-refractivity contribution in [1.82, 2.24) is 10.6 Å². The maximum atomic E-state index is 3.58. The fourth-order valence-electron chi connectivity index (χ4n) is 2.84. The van der Waals surface area contributed by atoms with E-state index in [-0.39, 0.29) is 0 Å². The summed E-state index contributed by atoms with van der Waals surface area (Å²) in [6, 6.07) is 7.06. The van der Waals surface area contributed by atoms with E-state index in [0.717, 1.165) is 5.92 Å². The van der Waals surface area contributed by atoms with Crippen molar-refractivity contribution in [3.05, 3.63) is 33.8 Å². The molecule has 2 nitrogen and oxygen atoms in total. The lowest BCUT2D eigenvalue weighted by Crippen LogP contribution is -2.30. The average Bonchev–Trinajstić information content (AvgIpc) is 2.40. The van der Waals surface area contributed by atoms with Gasteiger partial charge < -0.3 is 10.6 Å². The monoisotopic (exact) mass is 310 g/mol. The summed E-state index contributed by atoms with van der Waals surface area (Å²) >= 11 is 3.58. The average molecular weight is 311 g/mol. The molecule has 0 aliphatic carbocycles. The predicted octanol–water partition coefficient (Wildman–Crippen LogP) is 3.41. The van der Waals surface area contributed by atoms with Crippen LogP contribution in [0.25, 0.3) is 0 Å². The van der Waals surface area contributed by atoms with Crippen LogP contribution in [0, 0.1) is 12.8 Å². The van der Waals surface area contributed by atoms with Crippen molar-refractivity contribution in [2.45, 2.75) is 32.2 Å². The number of halogens is 1. The Balaban J connectivity index is 2.09. The first-order chi connectivity index (χ1) is 8.70. The van der Waals surface area contributed by atoms with Crippen molar-refractivity contribution in [2.75, 3.05) is 20.1 Å². The number of hydrogen-bond acceptors (Lipinski definition) is 2. The van der Waals surface area contributed by atoms with Gasteiger partial charge in [0.15, 0.2) is 0 Å². The van der Waals surface area contributed by atoms with Gasteiger partial charge in [-0.2, -0.15) is 0 Å². The zero-order valence-corrected chi connectivity index (χ0v) is 12.9. The van der Waals surface area contributed by atoms with Crippen LogP contribution < -0.4 is 10.6 Å². The van der Waals surface area contributed by atoms with Crippen molar-refractivity contribution in [1.29, 1.82) is 0 Å². The van der Waals surface area contributed by atoms with E-state index in [2.05, 4.69) is 58.7 Å². The predicted molar refractivity (Wildman–Crippen MR) is 80.9 cm³/mol. The van der Waals surface area contributed by atoms with E-state index in [0.29, 0.717) is 6.04 Å².